The van der Waals surface area contributed by atoms with Crippen LogP contribution in [0.1, 0.15) is 0 Å². The van der Waals surface area contributed by atoms with Crippen molar-refractivity contribution in [2.45, 2.75) is 0 Å². The number of nitrogens with zero attached hydrogens (tertiary/aromatic N) is 2. The first kappa shape index (κ1) is 12.0. The zero-order valence-electron chi connectivity index (χ0n) is 7.76. The predicted octanol–water partition coefficient (Wildman–Crippen LogP) is 2.96. The van der Waals surface area contributed by atoms with Gasteiger partial charge in [0.25, 0.3) is 0 Å². The van der Waals surface area contributed by atoms with E-state index in [4.69, 9.17) is 22.1 Å². The third kappa shape index (κ3) is 2.69. The highest BCUT2D eigenvalue weighted by Gasteiger charge is 2.07. The molecule has 0 atom stereocenters. The molecular formula is C10H4ClF2N3. The van der Waals surface area contributed by atoms with Crippen LogP contribution in [0.4, 0.5) is 14.5 Å². The van der Waals surface area contributed by atoms with Crippen molar-refractivity contribution in [3.8, 4) is 12.1 Å². The van der Waals surface area contributed by atoms with Gasteiger partial charge in [0.05, 0.1) is 0 Å². The van der Waals surface area contributed by atoms with Crippen molar-refractivity contribution in [3.63, 3.8) is 0 Å². The molecule has 0 aliphatic carbocycles. The lowest BCUT2D eigenvalue weighted by atomic mass is 10.3. The second-order valence-corrected chi connectivity index (χ2v) is 3.06. The van der Waals surface area contributed by atoms with Gasteiger partial charge in [-0.15, -0.1) is 0 Å². The molecule has 3 nitrogen and oxygen atoms in total. The number of hydrogen-bond donors (Lipinski definition) is 1. The quantitative estimate of drug-likeness (QED) is 0.638. The van der Waals surface area contributed by atoms with Gasteiger partial charge in [-0.2, -0.15) is 10.5 Å². The van der Waals surface area contributed by atoms with Gasteiger partial charge in [-0.25, -0.2) is 8.78 Å². The van der Waals surface area contributed by atoms with Gasteiger partial charge in [-0.1, -0.05) is 11.6 Å². The Labute approximate surface area is 95.2 Å². The summed E-state index contributed by atoms with van der Waals surface area (Å²) in [5.41, 5.74) is -0.154. The number of hydrogen-bond acceptors (Lipinski definition) is 3. The first-order chi connectivity index (χ1) is 7.58. The molecule has 80 valence electrons. The number of halogens is 3. The van der Waals surface area contributed by atoms with Crippen LogP contribution in [0.2, 0.25) is 5.02 Å². The highest BCUT2D eigenvalue weighted by Crippen LogP contribution is 2.23. The summed E-state index contributed by atoms with van der Waals surface area (Å²) in [5, 5.41) is 18.6. The lowest BCUT2D eigenvalue weighted by Gasteiger charge is -2.02. The number of anilines is 1. The lowest BCUT2D eigenvalue weighted by molar-refractivity contribution is 0.585. The largest absolute Gasteiger partial charge is 0.360 e. The molecule has 0 unspecified atom stereocenters. The summed E-state index contributed by atoms with van der Waals surface area (Å²) in [6.45, 7) is 0. The molecule has 1 aromatic rings. The van der Waals surface area contributed by atoms with E-state index < -0.39 is 16.7 Å². The lowest BCUT2D eigenvalue weighted by Crippen LogP contribution is -1.93. The maximum absolute atomic E-state index is 13.0. The Balaban J connectivity index is 2.98. The number of rotatable bonds is 2. The summed E-state index contributed by atoms with van der Waals surface area (Å²) >= 11 is 5.27. The summed E-state index contributed by atoms with van der Waals surface area (Å²) in [7, 11) is 0. The first-order valence-corrected chi connectivity index (χ1v) is 4.37. The molecule has 1 N–H and O–H groups in total. The maximum Gasteiger partial charge on any atom is 0.146 e. The normalized spacial score (nSPS) is 8.81. The molecule has 0 fully saturated rings. The second-order valence-electron chi connectivity index (χ2n) is 2.68. The number of benzene rings is 1. The molecule has 0 bridgehead atoms. The molecule has 16 heavy (non-hydrogen) atoms. The summed E-state index contributed by atoms with van der Waals surface area (Å²) < 4.78 is 25.9. The molecule has 6 heteroatoms. The predicted molar refractivity (Wildman–Crippen MR) is 54.3 cm³/mol. The van der Waals surface area contributed by atoms with Gasteiger partial charge in [0.2, 0.25) is 0 Å². The third-order valence-corrected chi connectivity index (χ3v) is 1.97. The Hall–Kier alpha value is -2.11. The molecule has 0 amide bonds. The summed E-state index contributed by atoms with van der Waals surface area (Å²) in [4.78, 5) is 0. The van der Waals surface area contributed by atoms with E-state index in [0.29, 0.717) is 0 Å². The van der Waals surface area contributed by atoms with E-state index in [-0.39, 0.29) is 11.3 Å². The number of allylic oxidation sites excluding steroid dienone is 1. The van der Waals surface area contributed by atoms with E-state index in [1.54, 1.807) is 12.1 Å². The van der Waals surface area contributed by atoms with Crippen LogP contribution in [0, 0.1) is 34.3 Å². The van der Waals surface area contributed by atoms with Crippen LogP contribution in [0.25, 0.3) is 0 Å². The van der Waals surface area contributed by atoms with Crippen LogP contribution in [0.5, 0.6) is 0 Å². The molecule has 0 spiro atoms. The minimum atomic E-state index is -0.923. The van der Waals surface area contributed by atoms with Gasteiger partial charge >= 0.3 is 0 Å². The average molecular weight is 240 g/mol. The molecule has 0 saturated heterocycles. The Morgan fingerprint density at radius 2 is 1.75 bits per heavy atom. The molecule has 1 aromatic carbocycles. The first-order valence-electron chi connectivity index (χ1n) is 4.00. The van der Waals surface area contributed by atoms with Gasteiger partial charge in [-0.05, 0) is 12.1 Å². The second kappa shape index (κ2) is 5.11. The van der Waals surface area contributed by atoms with Crippen molar-refractivity contribution in [1.82, 2.24) is 0 Å². The fourth-order valence-electron chi connectivity index (χ4n) is 0.884. The molecule has 0 aliphatic rings. The smallest absolute Gasteiger partial charge is 0.146 e. The molecule has 0 saturated carbocycles. The van der Waals surface area contributed by atoms with E-state index in [1.165, 1.54) is 0 Å². The van der Waals surface area contributed by atoms with Crippen molar-refractivity contribution in [2.24, 2.45) is 0 Å². The SMILES string of the molecule is N#CC(C#N)=CNc1cc(F)c(Cl)c(F)c1. The Morgan fingerprint density at radius 3 is 2.19 bits per heavy atom. The van der Waals surface area contributed by atoms with Crippen LogP contribution >= 0.6 is 11.6 Å². The number of nitriles is 2. The molecule has 0 radical (unpaired) electrons. The minimum absolute atomic E-state index is 0.0578. The molecular weight excluding hydrogens is 236 g/mol. The van der Waals surface area contributed by atoms with E-state index in [2.05, 4.69) is 5.32 Å². The maximum atomic E-state index is 13.0. The molecule has 0 heterocycles. The van der Waals surface area contributed by atoms with Crippen molar-refractivity contribution in [1.29, 1.82) is 10.5 Å². The van der Waals surface area contributed by atoms with Crippen molar-refractivity contribution >= 4 is 17.3 Å². The Kier molecular flexibility index (Phi) is 3.82. The minimum Gasteiger partial charge on any atom is -0.360 e. The van der Waals surface area contributed by atoms with E-state index >= 15 is 0 Å². The van der Waals surface area contributed by atoms with Gasteiger partial charge in [-0.3, -0.25) is 0 Å². The zero-order valence-corrected chi connectivity index (χ0v) is 8.52. The molecule has 0 aliphatic heterocycles. The summed E-state index contributed by atoms with van der Waals surface area (Å²) in [6, 6.07) is 5.08. The van der Waals surface area contributed by atoms with E-state index in [9.17, 15) is 8.78 Å². The summed E-state index contributed by atoms with van der Waals surface area (Å²) in [5.74, 6) is -1.85. The molecule has 1 rings (SSSR count). The van der Waals surface area contributed by atoms with Crippen molar-refractivity contribution < 1.29 is 8.78 Å². The fraction of sp³-hybridized carbons (Fsp3) is 0. The Morgan fingerprint density at radius 1 is 1.25 bits per heavy atom. The third-order valence-electron chi connectivity index (χ3n) is 1.61. The van der Waals surface area contributed by atoms with E-state index in [1.807, 2.05) is 0 Å². The highest BCUT2D eigenvalue weighted by molar-refractivity contribution is 6.30. The van der Waals surface area contributed by atoms with Crippen molar-refractivity contribution in [3.05, 3.63) is 40.6 Å². The number of nitrogens with one attached hydrogen (secondary N) is 1. The average Bonchev–Trinajstić information content (AvgIpc) is 2.27. The summed E-state index contributed by atoms with van der Waals surface area (Å²) in [6.07, 6.45) is 1.04. The topological polar surface area (TPSA) is 59.6 Å². The van der Waals surface area contributed by atoms with Crippen LogP contribution in [0.15, 0.2) is 23.9 Å². The van der Waals surface area contributed by atoms with Gasteiger partial charge in [0.1, 0.15) is 34.4 Å². The zero-order chi connectivity index (χ0) is 12.1. The van der Waals surface area contributed by atoms with Crippen LogP contribution in [0.3, 0.4) is 0 Å². The van der Waals surface area contributed by atoms with Gasteiger partial charge < -0.3 is 5.32 Å². The monoisotopic (exact) mass is 239 g/mol. The van der Waals surface area contributed by atoms with E-state index in [0.717, 1.165) is 18.3 Å². The van der Waals surface area contributed by atoms with Crippen LogP contribution in [-0.2, 0) is 0 Å². The highest BCUT2D eigenvalue weighted by atomic mass is 35.5. The molecule has 0 aromatic heterocycles. The van der Waals surface area contributed by atoms with Gasteiger partial charge in [0, 0.05) is 11.9 Å². The van der Waals surface area contributed by atoms with Crippen molar-refractivity contribution in [2.75, 3.05) is 5.32 Å². The van der Waals surface area contributed by atoms with Crippen LogP contribution in [-0.4, -0.2) is 0 Å². The standard InChI is InChI=1S/C10H4ClF2N3/c11-10-8(12)1-7(2-9(10)13)16-5-6(3-14)4-15/h1-2,5,16H. The van der Waals surface area contributed by atoms with Crippen LogP contribution < -0.4 is 5.32 Å². The fourth-order valence-corrected chi connectivity index (χ4v) is 0.993. The van der Waals surface area contributed by atoms with Gasteiger partial charge in [0.15, 0.2) is 0 Å². The Bertz CT molecular complexity index is 487.